The molecule has 0 aromatic heterocycles. The second-order valence-corrected chi connectivity index (χ2v) is 6.86. The summed E-state index contributed by atoms with van der Waals surface area (Å²) in [7, 11) is 0. The SMILES string of the molecule is C1=C(/C2=N\NNCCCCCCC2)CCCCCCCCC/1. The van der Waals surface area contributed by atoms with Crippen molar-refractivity contribution in [3.63, 3.8) is 0 Å². The number of allylic oxidation sites excluding steroid dienone is 2. The Morgan fingerprint density at radius 1 is 0.682 bits per heavy atom. The number of nitrogens with one attached hydrogen (secondary N) is 2. The molecule has 0 amide bonds. The van der Waals surface area contributed by atoms with E-state index in [0.717, 1.165) is 13.0 Å². The van der Waals surface area contributed by atoms with Gasteiger partial charge in [-0.1, -0.05) is 57.4 Å². The lowest BCUT2D eigenvalue weighted by Gasteiger charge is -2.12. The zero-order valence-corrected chi connectivity index (χ0v) is 14.3. The van der Waals surface area contributed by atoms with Crippen molar-refractivity contribution in [1.29, 1.82) is 0 Å². The van der Waals surface area contributed by atoms with Gasteiger partial charge in [0.05, 0.1) is 5.71 Å². The molecular weight excluding hydrogens is 270 g/mol. The highest BCUT2D eigenvalue weighted by molar-refractivity contribution is 5.99. The van der Waals surface area contributed by atoms with Crippen molar-refractivity contribution in [3.05, 3.63) is 11.6 Å². The van der Waals surface area contributed by atoms with E-state index in [0.29, 0.717) is 0 Å². The summed E-state index contributed by atoms with van der Waals surface area (Å²) < 4.78 is 0. The molecule has 0 aromatic rings. The maximum atomic E-state index is 4.69. The van der Waals surface area contributed by atoms with E-state index in [9.17, 15) is 0 Å². The van der Waals surface area contributed by atoms with E-state index < -0.39 is 0 Å². The molecule has 3 heteroatoms. The summed E-state index contributed by atoms with van der Waals surface area (Å²) in [6, 6.07) is 0. The van der Waals surface area contributed by atoms with Gasteiger partial charge in [-0.2, -0.15) is 5.10 Å². The van der Waals surface area contributed by atoms with Crippen molar-refractivity contribution >= 4 is 5.71 Å². The highest BCUT2D eigenvalue weighted by atomic mass is 15.6. The molecule has 2 rings (SSSR count). The number of hydrazone groups is 1. The van der Waals surface area contributed by atoms with Gasteiger partial charge in [0, 0.05) is 6.54 Å². The molecule has 0 radical (unpaired) electrons. The fourth-order valence-corrected chi connectivity index (χ4v) is 3.47. The van der Waals surface area contributed by atoms with Gasteiger partial charge in [0.2, 0.25) is 0 Å². The second kappa shape index (κ2) is 11.7. The normalized spacial score (nSPS) is 28.7. The third-order valence-electron chi connectivity index (χ3n) is 4.90. The Balaban J connectivity index is 1.97. The van der Waals surface area contributed by atoms with Gasteiger partial charge in [0.15, 0.2) is 0 Å². The standard InChI is InChI=1S/C19H35N3/c1-2-4-7-11-15-18(14-10-6-3-1)19-16-12-8-5-9-13-17-20-22-21-19/h14,20,22H,1-13,15-17H2/b18-14+,21-19-. The molecule has 1 aliphatic heterocycles. The summed E-state index contributed by atoms with van der Waals surface area (Å²) in [5, 5.41) is 4.69. The number of hydrogen-bond donors (Lipinski definition) is 2. The predicted molar refractivity (Wildman–Crippen MR) is 95.9 cm³/mol. The van der Waals surface area contributed by atoms with Crippen LogP contribution >= 0.6 is 0 Å². The van der Waals surface area contributed by atoms with E-state index >= 15 is 0 Å². The quantitative estimate of drug-likeness (QED) is 0.695. The van der Waals surface area contributed by atoms with Crippen LogP contribution in [0.3, 0.4) is 0 Å². The molecule has 0 bridgehead atoms. The van der Waals surface area contributed by atoms with Gasteiger partial charge in [-0.3, -0.25) is 0 Å². The van der Waals surface area contributed by atoms with Crippen LogP contribution in [0.25, 0.3) is 0 Å². The summed E-state index contributed by atoms with van der Waals surface area (Å²) >= 11 is 0. The molecule has 0 saturated carbocycles. The molecule has 0 spiro atoms. The zero-order chi connectivity index (χ0) is 15.3. The van der Waals surface area contributed by atoms with Crippen LogP contribution in [0.4, 0.5) is 0 Å². The van der Waals surface area contributed by atoms with Gasteiger partial charge in [-0.05, 0) is 50.5 Å². The second-order valence-electron chi connectivity index (χ2n) is 6.86. The Kier molecular flexibility index (Phi) is 9.32. The number of hydrazine groups is 1. The van der Waals surface area contributed by atoms with Gasteiger partial charge in [-0.15, -0.1) is 0 Å². The van der Waals surface area contributed by atoms with Crippen molar-refractivity contribution in [2.45, 2.75) is 96.3 Å². The van der Waals surface area contributed by atoms with E-state index in [4.69, 9.17) is 0 Å². The lowest BCUT2D eigenvalue weighted by atomic mass is 9.97. The first-order valence-corrected chi connectivity index (χ1v) is 9.70. The topological polar surface area (TPSA) is 36.4 Å². The molecule has 126 valence electrons. The average Bonchev–Trinajstić information content (AvgIpc) is 2.64. The minimum absolute atomic E-state index is 1.02. The van der Waals surface area contributed by atoms with E-state index in [1.54, 1.807) is 0 Å². The summed E-state index contributed by atoms with van der Waals surface area (Å²) in [6.07, 6.45) is 22.4. The smallest absolute Gasteiger partial charge is 0.0647 e. The zero-order valence-electron chi connectivity index (χ0n) is 14.3. The average molecular weight is 306 g/mol. The summed E-state index contributed by atoms with van der Waals surface area (Å²) in [5.74, 6) is 0. The van der Waals surface area contributed by atoms with E-state index in [1.165, 1.54) is 101 Å². The van der Waals surface area contributed by atoms with E-state index in [2.05, 4.69) is 22.1 Å². The molecule has 1 heterocycles. The number of rotatable bonds is 1. The van der Waals surface area contributed by atoms with Crippen molar-refractivity contribution in [2.75, 3.05) is 6.54 Å². The van der Waals surface area contributed by atoms with Gasteiger partial charge in [-0.25, -0.2) is 11.0 Å². The lowest BCUT2D eigenvalue weighted by Crippen LogP contribution is -2.29. The first-order valence-electron chi connectivity index (χ1n) is 9.70. The molecular formula is C19H35N3. The minimum atomic E-state index is 1.02. The highest BCUT2D eigenvalue weighted by Crippen LogP contribution is 2.20. The fourth-order valence-electron chi connectivity index (χ4n) is 3.47. The van der Waals surface area contributed by atoms with Crippen LogP contribution in [0.5, 0.6) is 0 Å². The summed E-state index contributed by atoms with van der Waals surface area (Å²) in [4.78, 5) is 0. The van der Waals surface area contributed by atoms with Crippen LogP contribution in [-0.4, -0.2) is 12.3 Å². The first kappa shape index (κ1) is 17.5. The van der Waals surface area contributed by atoms with Gasteiger partial charge in [0.25, 0.3) is 0 Å². The van der Waals surface area contributed by atoms with Crippen molar-refractivity contribution < 1.29 is 0 Å². The maximum Gasteiger partial charge on any atom is 0.0647 e. The largest absolute Gasteiger partial charge is 0.243 e. The predicted octanol–water partition coefficient (Wildman–Crippen LogP) is 5.24. The lowest BCUT2D eigenvalue weighted by molar-refractivity contribution is 0.523. The fraction of sp³-hybridized carbons (Fsp3) is 0.842. The summed E-state index contributed by atoms with van der Waals surface area (Å²) in [6.45, 7) is 1.02. The van der Waals surface area contributed by atoms with Crippen molar-refractivity contribution in [3.8, 4) is 0 Å². The van der Waals surface area contributed by atoms with Crippen LogP contribution in [0, 0.1) is 0 Å². The Hall–Kier alpha value is -0.830. The molecule has 0 saturated heterocycles. The Labute approximate surface area is 137 Å². The Bertz CT molecular complexity index is 313. The summed E-state index contributed by atoms with van der Waals surface area (Å²) in [5.41, 5.74) is 9.19. The molecule has 2 aliphatic rings. The molecule has 0 atom stereocenters. The number of hydrogen-bond acceptors (Lipinski definition) is 3. The first-order chi connectivity index (χ1) is 11.0. The maximum absolute atomic E-state index is 4.69. The minimum Gasteiger partial charge on any atom is -0.243 e. The Morgan fingerprint density at radius 2 is 1.32 bits per heavy atom. The van der Waals surface area contributed by atoms with Gasteiger partial charge < -0.3 is 0 Å². The van der Waals surface area contributed by atoms with Crippen LogP contribution in [0.2, 0.25) is 0 Å². The van der Waals surface area contributed by atoms with Gasteiger partial charge >= 0.3 is 0 Å². The molecule has 0 aromatic carbocycles. The molecule has 2 N–H and O–H groups in total. The number of nitrogens with zero attached hydrogens (tertiary/aromatic N) is 1. The van der Waals surface area contributed by atoms with Crippen molar-refractivity contribution in [1.82, 2.24) is 11.0 Å². The molecule has 0 unspecified atom stereocenters. The molecule has 22 heavy (non-hydrogen) atoms. The highest BCUT2D eigenvalue weighted by Gasteiger charge is 2.09. The molecule has 0 fully saturated rings. The molecule has 1 aliphatic carbocycles. The van der Waals surface area contributed by atoms with Gasteiger partial charge in [0.1, 0.15) is 0 Å². The monoisotopic (exact) mass is 305 g/mol. The van der Waals surface area contributed by atoms with E-state index in [-0.39, 0.29) is 0 Å². The van der Waals surface area contributed by atoms with Crippen LogP contribution in [-0.2, 0) is 0 Å². The molecule has 3 nitrogen and oxygen atoms in total. The Morgan fingerprint density at radius 3 is 2.14 bits per heavy atom. The van der Waals surface area contributed by atoms with Crippen LogP contribution in [0.15, 0.2) is 16.8 Å². The third-order valence-corrected chi connectivity index (χ3v) is 4.90. The van der Waals surface area contributed by atoms with Crippen LogP contribution < -0.4 is 11.0 Å². The van der Waals surface area contributed by atoms with Crippen LogP contribution in [0.1, 0.15) is 96.3 Å². The third kappa shape index (κ3) is 7.44. The van der Waals surface area contributed by atoms with E-state index in [1.807, 2.05) is 0 Å². The van der Waals surface area contributed by atoms with Crippen molar-refractivity contribution in [2.24, 2.45) is 5.10 Å².